The first kappa shape index (κ1) is 12.3. The Labute approximate surface area is 115 Å². The van der Waals surface area contributed by atoms with E-state index in [1.165, 1.54) is 0 Å². The van der Waals surface area contributed by atoms with Crippen molar-refractivity contribution < 1.29 is 4.52 Å². The molecular formula is C14H13N5O. The number of benzene rings is 1. The first-order valence-corrected chi connectivity index (χ1v) is 6.18. The molecule has 0 aliphatic heterocycles. The van der Waals surface area contributed by atoms with E-state index < -0.39 is 0 Å². The van der Waals surface area contributed by atoms with E-state index in [4.69, 9.17) is 10.3 Å². The molecule has 0 aliphatic rings. The Hall–Kier alpha value is -2.76. The third-order valence-corrected chi connectivity index (χ3v) is 2.81. The number of nitrogens with two attached hydrogens (primary N) is 1. The van der Waals surface area contributed by atoms with Gasteiger partial charge >= 0.3 is 0 Å². The molecule has 0 amide bonds. The number of aryl methyl sites for hydroxylation is 1. The van der Waals surface area contributed by atoms with Crippen LogP contribution in [0.3, 0.4) is 0 Å². The third kappa shape index (κ3) is 2.64. The highest BCUT2D eigenvalue weighted by molar-refractivity contribution is 5.47. The van der Waals surface area contributed by atoms with Crippen molar-refractivity contribution in [2.75, 3.05) is 5.73 Å². The van der Waals surface area contributed by atoms with Gasteiger partial charge in [-0.15, -0.1) is 0 Å². The summed E-state index contributed by atoms with van der Waals surface area (Å²) in [4.78, 5) is 12.6. The monoisotopic (exact) mass is 267 g/mol. The minimum absolute atomic E-state index is 0.473. The van der Waals surface area contributed by atoms with Crippen LogP contribution in [0.15, 0.2) is 41.1 Å². The molecule has 0 atom stereocenters. The Kier molecular flexibility index (Phi) is 3.12. The zero-order valence-corrected chi connectivity index (χ0v) is 10.9. The van der Waals surface area contributed by atoms with Gasteiger partial charge in [-0.3, -0.25) is 0 Å². The van der Waals surface area contributed by atoms with Crippen LogP contribution in [0, 0.1) is 6.92 Å². The fraction of sp³-hybridized carbons (Fsp3) is 0.143. The summed E-state index contributed by atoms with van der Waals surface area (Å²) in [6.45, 7) is 1.82. The number of nitrogen functional groups attached to an aromatic ring is 1. The summed E-state index contributed by atoms with van der Waals surface area (Å²) in [5, 5.41) is 3.94. The lowest BCUT2D eigenvalue weighted by Crippen LogP contribution is -1.92. The second-order valence-electron chi connectivity index (χ2n) is 4.42. The van der Waals surface area contributed by atoms with Crippen molar-refractivity contribution in [1.82, 2.24) is 20.1 Å². The van der Waals surface area contributed by atoms with Crippen LogP contribution in [0.4, 0.5) is 5.69 Å². The molecule has 3 rings (SSSR count). The molecule has 100 valence electrons. The maximum Gasteiger partial charge on any atom is 0.231 e. The highest BCUT2D eigenvalue weighted by Crippen LogP contribution is 2.15. The van der Waals surface area contributed by atoms with Crippen LogP contribution >= 0.6 is 0 Å². The fourth-order valence-corrected chi connectivity index (χ4v) is 1.82. The lowest BCUT2D eigenvalue weighted by molar-refractivity contribution is 0.385. The largest absolute Gasteiger partial charge is 0.399 e. The molecule has 6 heteroatoms. The van der Waals surface area contributed by atoms with Crippen LogP contribution in [-0.2, 0) is 6.42 Å². The SMILES string of the molecule is Cc1nccc(-c2noc(Cc3ccc(N)cc3)n2)n1. The van der Waals surface area contributed by atoms with Gasteiger partial charge in [0.15, 0.2) is 0 Å². The van der Waals surface area contributed by atoms with E-state index in [1.54, 1.807) is 12.3 Å². The maximum atomic E-state index is 5.65. The van der Waals surface area contributed by atoms with Gasteiger partial charge in [0, 0.05) is 11.9 Å². The molecular weight excluding hydrogens is 254 g/mol. The van der Waals surface area contributed by atoms with Crippen molar-refractivity contribution in [3.63, 3.8) is 0 Å². The van der Waals surface area contributed by atoms with Crippen molar-refractivity contribution in [3.05, 3.63) is 53.8 Å². The summed E-state index contributed by atoms with van der Waals surface area (Å²) < 4.78 is 5.24. The van der Waals surface area contributed by atoms with Crippen LogP contribution in [0.1, 0.15) is 17.3 Å². The van der Waals surface area contributed by atoms with Gasteiger partial charge in [-0.2, -0.15) is 4.98 Å². The average molecular weight is 267 g/mol. The lowest BCUT2D eigenvalue weighted by atomic mass is 10.1. The summed E-state index contributed by atoms with van der Waals surface area (Å²) in [5.74, 6) is 1.69. The topological polar surface area (TPSA) is 90.7 Å². The van der Waals surface area contributed by atoms with E-state index in [0.717, 1.165) is 11.3 Å². The van der Waals surface area contributed by atoms with Gasteiger partial charge in [0.05, 0.1) is 6.42 Å². The number of rotatable bonds is 3. The molecule has 0 unspecified atom stereocenters. The van der Waals surface area contributed by atoms with Crippen LogP contribution in [-0.4, -0.2) is 20.1 Å². The molecule has 3 aromatic rings. The summed E-state index contributed by atoms with van der Waals surface area (Å²) >= 11 is 0. The Morgan fingerprint density at radius 3 is 2.65 bits per heavy atom. The van der Waals surface area contributed by atoms with Crippen LogP contribution in [0.2, 0.25) is 0 Å². The predicted molar refractivity (Wildman–Crippen MR) is 73.7 cm³/mol. The van der Waals surface area contributed by atoms with E-state index in [0.29, 0.717) is 29.7 Å². The summed E-state index contributed by atoms with van der Waals surface area (Å²) in [6.07, 6.45) is 2.24. The van der Waals surface area contributed by atoms with Crippen molar-refractivity contribution in [1.29, 1.82) is 0 Å². The van der Waals surface area contributed by atoms with Crippen molar-refractivity contribution in [3.8, 4) is 11.5 Å². The summed E-state index contributed by atoms with van der Waals surface area (Å²) in [7, 11) is 0. The normalized spacial score (nSPS) is 10.7. The molecule has 2 N–H and O–H groups in total. The highest BCUT2D eigenvalue weighted by atomic mass is 16.5. The van der Waals surface area contributed by atoms with Gasteiger partial charge in [-0.05, 0) is 30.7 Å². The van der Waals surface area contributed by atoms with E-state index in [2.05, 4.69) is 20.1 Å². The molecule has 0 bridgehead atoms. The van der Waals surface area contributed by atoms with Crippen LogP contribution in [0.25, 0.3) is 11.5 Å². The third-order valence-electron chi connectivity index (χ3n) is 2.81. The van der Waals surface area contributed by atoms with Gasteiger partial charge in [0.25, 0.3) is 0 Å². The quantitative estimate of drug-likeness (QED) is 0.730. The molecule has 0 aliphatic carbocycles. The smallest absolute Gasteiger partial charge is 0.231 e. The maximum absolute atomic E-state index is 5.65. The standard InChI is InChI=1S/C14H13N5O/c1-9-16-7-6-12(17-9)14-18-13(20-19-14)8-10-2-4-11(15)5-3-10/h2-7H,8,15H2,1H3. The highest BCUT2D eigenvalue weighted by Gasteiger charge is 2.10. The van der Waals surface area contributed by atoms with E-state index in [-0.39, 0.29) is 0 Å². The molecule has 0 radical (unpaired) electrons. The Bertz CT molecular complexity index is 720. The van der Waals surface area contributed by atoms with Gasteiger partial charge in [0.2, 0.25) is 11.7 Å². The molecule has 20 heavy (non-hydrogen) atoms. The number of aromatic nitrogens is 4. The van der Waals surface area contributed by atoms with Gasteiger partial charge < -0.3 is 10.3 Å². The average Bonchev–Trinajstić information content (AvgIpc) is 2.90. The minimum Gasteiger partial charge on any atom is -0.399 e. The van der Waals surface area contributed by atoms with Crippen molar-refractivity contribution >= 4 is 5.69 Å². The van der Waals surface area contributed by atoms with Gasteiger partial charge in [0.1, 0.15) is 11.5 Å². The molecule has 2 heterocycles. The molecule has 0 saturated carbocycles. The molecule has 0 spiro atoms. The zero-order chi connectivity index (χ0) is 13.9. The molecule has 0 fully saturated rings. The van der Waals surface area contributed by atoms with Crippen LogP contribution in [0.5, 0.6) is 0 Å². The second kappa shape index (κ2) is 5.08. The van der Waals surface area contributed by atoms with E-state index in [9.17, 15) is 0 Å². The molecule has 6 nitrogen and oxygen atoms in total. The second-order valence-corrected chi connectivity index (χ2v) is 4.42. The molecule has 2 aromatic heterocycles. The number of hydrogen-bond acceptors (Lipinski definition) is 6. The minimum atomic E-state index is 0.473. The van der Waals surface area contributed by atoms with Crippen LogP contribution < -0.4 is 5.73 Å². The Morgan fingerprint density at radius 1 is 1.10 bits per heavy atom. The number of nitrogens with zero attached hydrogens (tertiary/aromatic N) is 4. The van der Waals surface area contributed by atoms with E-state index >= 15 is 0 Å². The first-order valence-electron chi connectivity index (χ1n) is 6.18. The Morgan fingerprint density at radius 2 is 1.90 bits per heavy atom. The first-order chi connectivity index (χ1) is 9.70. The van der Waals surface area contributed by atoms with Gasteiger partial charge in [-0.1, -0.05) is 17.3 Å². The molecule has 0 saturated heterocycles. The predicted octanol–water partition coefficient (Wildman–Crippen LogP) is 2.01. The van der Waals surface area contributed by atoms with Crippen molar-refractivity contribution in [2.24, 2.45) is 0 Å². The summed E-state index contributed by atoms with van der Waals surface area (Å²) in [6, 6.07) is 9.33. The Balaban J connectivity index is 1.82. The number of anilines is 1. The van der Waals surface area contributed by atoms with Gasteiger partial charge in [-0.25, -0.2) is 9.97 Å². The fourth-order valence-electron chi connectivity index (χ4n) is 1.82. The van der Waals surface area contributed by atoms with Crippen molar-refractivity contribution in [2.45, 2.75) is 13.3 Å². The summed E-state index contributed by atoms with van der Waals surface area (Å²) in [5.41, 5.74) is 8.10. The lowest BCUT2D eigenvalue weighted by Gasteiger charge is -1.97. The number of hydrogen-bond donors (Lipinski definition) is 1. The van der Waals surface area contributed by atoms with E-state index in [1.807, 2.05) is 31.2 Å². The zero-order valence-electron chi connectivity index (χ0n) is 10.9. The molecule has 1 aromatic carbocycles.